The molecule has 28 heavy (non-hydrogen) atoms. The van der Waals surface area contributed by atoms with Crippen molar-refractivity contribution < 1.29 is 14.7 Å². The van der Waals surface area contributed by atoms with Crippen LogP contribution in [-0.4, -0.2) is 36.6 Å². The molecule has 3 aromatic rings. The zero-order chi connectivity index (χ0) is 20.1. The number of rotatable bonds is 8. The zero-order valence-corrected chi connectivity index (χ0v) is 15.9. The Bertz CT molecular complexity index is 993. The van der Waals surface area contributed by atoms with Gasteiger partial charge in [-0.3, -0.25) is 9.78 Å². The third-order valence-electron chi connectivity index (χ3n) is 4.44. The highest BCUT2D eigenvalue weighted by atomic mass is 16.4. The molecule has 2 heterocycles. The standard InChI is InChI=1S/C21H22N4O3/c1-3-5-19-23-20(18(26)4-2)24-25(19)13-14-6-8-15(9-7-14)16-10-11-22-12-17(16)21(27)28/h6-12H,3-5,13H2,1-2H3,(H,27,28). The van der Waals surface area contributed by atoms with Crippen molar-refractivity contribution >= 4 is 11.8 Å². The largest absolute Gasteiger partial charge is 0.478 e. The Morgan fingerprint density at radius 2 is 1.86 bits per heavy atom. The van der Waals surface area contributed by atoms with Crippen molar-refractivity contribution in [3.05, 3.63) is 65.5 Å². The lowest BCUT2D eigenvalue weighted by Gasteiger charge is -2.08. The smallest absolute Gasteiger partial charge is 0.337 e. The van der Waals surface area contributed by atoms with Gasteiger partial charge < -0.3 is 5.11 Å². The fourth-order valence-corrected chi connectivity index (χ4v) is 2.97. The van der Waals surface area contributed by atoms with Gasteiger partial charge >= 0.3 is 5.97 Å². The molecule has 3 rings (SSSR count). The Hall–Kier alpha value is -3.35. The lowest BCUT2D eigenvalue weighted by Crippen LogP contribution is -2.07. The average Bonchev–Trinajstić information content (AvgIpc) is 3.10. The first-order valence-electron chi connectivity index (χ1n) is 9.27. The highest BCUT2D eigenvalue weighted by Crippen LogP contribution is 2.23. The molecule has 0 bridgehead atoms. The van der Waals surface area contributed by atoms with E-state index in [0.717, 1.165) is 29.8 Å². The number of benzene rings is 1. The van der Waals surface area contributed by atoms with Crippen LogP contribution in [0, 0.1) is 0 Å². The summed E-state index contributed by atoms with van der Waals surface area (Å²) in [5, 5.41) is 13.7. The number of carbonyl (C=O) groups excluding carboxylic acids is 1. The van der Waals surface area contributed by atoms with E-state index in [0.29, 0.717) is 18.5 Å². The summed E-state index contributed by atoms with van der Waals surface area (Å²) in [6, 6.07) is 9.31. The van der Waals surface area contributed by atoms with Crippen LogP contribution in [0.1, 0.15) is 59.1 Å². The number of ketones is 1. The number of aromatic nitrogens is 4. The van der Waals surface area contributed by atoms with Crippen LogP contribution in [0.4, 0.5) is 0 Å². The molecule has 0 saturated heterocycles. The monoisotopic (exact) mass is 378 g/mol. The van der Waals surface area contributed by atoms with Crippen LogP contribution in [0.15, 0.2) is 42.7 Å². The maximum absolute atomic E-state index is 11.9. The van der Waals surface area contributed by atoms with Crippen molar-refractivity contribution in [1.82, 2.24) is 19.7 Å². The quantitative estimate of drug-likeness (QED) is 0.601. The van der Waals surface area contributed by atoms with Crippen molar-refractivity contribution in [2.45, 2.75) is 39.7 Å². The average molecular weight is 378 g/mol. The minimum atomic E-state index is -1.01. The van der Waals surface area contributed by atoms with E-state index in [2.05, 4.69) is 22.0 Å². The molecule has 0 amide bonds. The number of carboxylic acids is 1. The number of hydrogen-bond donors (Lipinski definition) is 1. The van der Waals surface area contributed by atoms with Gasteiger partial charge in [-0.1, -0.05) is 38.1 Å². The van der Waals surface area contributed by atoms with E-state index in [1.807, 2.05) is 24.3 Å². The fraction of sp³-hybridized carbons (Fsp3) is 0.286. The molecule has 144 valence electrons. The summed E-state index contributed by atoms with van der Waals surface area (Å²) in [6.07, 6.45) is 4.97. The molecule has 7 heteroatoms. The van der Waals surface area contributed by atoms with Crippen LogP contribution in [-0.2, 0) is 13.0 Å². The van der Waals surface area contributed by atoms with Crippen molar-refractivity contribution in [2.75, 3.05) is 0 Å². The summed E-state index contributed by atoms with van der Waals surface area (Å²) in [5.74, 6) is -0.00594. The zero-order valence-electron chi connectivity index (χ0n) is 15.9. The molecule has 0 unspecified atom stereocenters. The third kappa shape index (κ3) is 4.14. The highest BCUT2D eigenvalue weighted by molar-refractivity contribution is 5.95. The van der Waals surface area contributed by atoms with Gasteiger partial charge in [0.05, 0.1) is 12.1 Å². The van der Waals surface area contributed by atoms with Gasteiger partial charge in [0.2, 0.25) is 11.6 Å². The number of aromatic carboxylic acids is 1. The van der Waals surface area contributed by atoms with Gasteiger partial charge in [-0.05, 0) is 29.2 Å². The van der Waals surface area contributed by atoms with Crippen LogP contribution in [0.5, 0.6) is 0 Å². The van der Waals surface area contributed by atoms with Gasteiger partial charge in [-0.25, -0.2) is 14.5 Å². The predicted molar refractivity (Wildman–Crippen MR) is 104 cm³/mol. The van der Waals surface area contributed by atoms with Crippen LogP contribution >= 0.6 is 0 Å². The number of pyridine rings is 1. The molecule has 0 atom stereocenters. The Morgan fingerprint density at radius 1 is 1.11 bits per heavy atom. The first-order chi connectivity index (χ1) is 13.5. The number of carboxylic acid groups (broad SMARTS) is 1. The van der Waals surface area contributed by atoms with E-state index in [1.54, 1.807) is 23.9 Å². The molecule has 0 spiro atoms. The predicted octanol–water partition coefficient (Wildman–Crippen LogP) is 3.63. The summed E-state index contributed by atoms with van der Waals surface area (Å²) in [4.78, 5) is 31.6. The second-order valence-electron chi connectivity index (χ2n) is 6.46. The van der Waals surface area contributed by atoms with Gasteiger partial charge in [0, 0.05) is 25.2 Å². The van der Waals surface area contributed by atoms with E-state index in [1.165, 1.54) is 6.20 Å². The van der Waals surface area contributed by atoms with Gasteiger partial charge in [0.1, 0.15) is 5.82 Å². The van der Waals surface area contributed by atoms with E-state index in [9.17, 15) is 14.7 Å². The molecule has 0 saturated carbocycles. The number of nitrogens with zero attached hydrogens (tertiary/aromatic N) is 4. The lowest BCUT2D eigenvalue weighted by molar-refractivity contribution is 0.0697. The third-order valence-corrected chi connectivity index (χ3v) is 4.44. The van der Waals surface area contributed by atoms with Crippen molar-refractivity contribution in [3.8, 4) is 11.1 Å². The van der Waals surface area contributed by atoms with E-state index < -0.39 is 5.97 Å². The fourth-order valence-electron chi connectivity index (χ4n) is 2.97. The van der Waals surface area contributed by atoms with Gasteiger partial charge in [0.25, 0.3) is 0 Å². The molecule has 0 radical (unpaired) electrons. The topological polar surface area (TPSA) is 98.0 Å². The molecular formula is C21H22N4O3. The molecule has 0 aliphatic carbocycles. The number of carbonyl (C=O) groups is 2. The SMILES string of the molecule is CCCc1nc(C(=O)CC)nn1Cc1ccc(-c2ccncc2C(=O)O)cc1. The van der Waals surface area contributed by atoms with Crippen LogP contribution in [0.3, 0.4) is 0 Å². The summed E-state index contributed by atoms with van der Waals surface area (Å²) in [5.41, 5.74) is 2.59. The van der Waals surface area contributed by atoms with Crippen molar-refractivity contribution in [3.63, 3.8) is 0 Å². The molecule has 2 aromatic heterocycles. The second-order valence-corrected chi connectivity index (χ2v) is 6.46. The number of hydrogen-bond acceptors (Lipinski definition) is 5. The van der Waals surface area contributed by atoms with E-state index >= 15 is 0 Å². The summed E-state index contributed by atoms with van der Waals surface area (Å²) >= 11 is 0. The Balaban J connectivity index is 1.86. The summed E-state index contributed by atoms with van der Waals surface area (Å²) in [7, 11) is 0. The van der Waals surface area contributed by atoms with Gasteiger partial charge in [-0.2, -0.15) is 0 Å². The maximum Gasteiger partial charge on any atom is 0.337 e. The first-order valence-corrected chi connectivity index (χ1v) is 9.27. The minimum Gasteiger partial charge on any atom is -0.478 e. The molecular weight excluding hydrogens is 356 g/mol. The Morgan fingerprint density at radius 3 is 2.50 bits per heavy atom. The van der Waals surface area contributed by atoms with E-state index in [-0.39, 0.29) is 17.2 Å². The Kier molecular flexibility index (Phi) is 5.93. The highest BCUT2D eigenvalue weighted by Gasteiger charge is 2.15. The first kappa shape index (κ1) is 19.4. The van der Waals surface area contributed by atoms with Gasteiger partial charge in [-0.15, -0.1) is 5.10 Å². The molecule has 0 aliphatic heterocycles. The summed E-state index contributed by atoms with van der Waals surface area (Å²) in [6.45, 7) is 4.36. The molecule has 1 N–H and O–H groups in total. The van der Waals surface area contributed by atoms with Crippen molar-refractivity contribution in [1.29, 1.82) is 0 Å². The molecule has 7 nitrogen and oxygen atoms in total. The second kappa shape index (κ2) is 8.56. The van der Waals surface area contributed by atoms with E-state index in [4.69, 9.17) is 0 Å². The van der Waals surface area contributed by atoms with Crippen LogP contribution in [0.25, 0.3) is 11.1 Å². The minimum absolute atomic E-state index is 0.0645. The lowest BCUT2D eigenvalue weighted by atomic mass is 10.0. The van der Waals surface area contributed by atoms with Crippen LogP contribution in [0.2, 0.25) is 0 Å². The van der Waals surface area contributed by atoms with Crippen LogP contribution < -0.4 is 0 Å². The summed E-state index contributed by atoms with van der Waals surface area (Å²) < 4.78 is 1.77. The Labute approximate surface area is 163 Å². The van der Waals surface area contributed by atoms with Crippen molar-refractivity contribution in [2.24, 2.45) is 0 Å². The number of aryl methyl sites for hydroxylation is 1. The normalized spacial score (nSPS) is 10.8. The molecule has 0 aliphatic rings. The molecule has 1 aromatic carbocycles. The number of Topliss-reactive ketones (excluding diaryl/α,β-unsaturated/α-hetero) is 1. The van der Waals surface area contributed by atoms with Gasteiger partial charge in [0.15, 0.2) is 0 Å². The molecule has 0 fully saturated rings. The maximum atomic E-state index is 11.9.